The van der Waals surface area contributed by atoms with Crippen LogP contribution in [-0.2, 0) is 12.3 Å². The summed E-state index contributed by atoms with van der Waals surface area (Å²) < 4.78 is 9.44. The number of unbranched alkanes of at least 4 members (excludes halogenated alkanes) is 2. The van der Waals surface area contributed by atoms with Gasteiger partial charge in [-0.1, -0.05) is 43.7 Å². The average Bonchev–Trinajstić information content (AvgIpc) is 3.54. The zero-order valence-electron chi connectivity index (χ0n) is 17.9. The predicted molar refractivity (Wildman–Crippen MR) is 128 cm³/mol. The van der Waals surface area contributed by atoms with Gasteiger partial charge in [-0.2, -0.15) is 0 Å². The molecule has 164 valence electrons. The van der Waals surface area contributed by atoms with E-state index >= 15 is 0 Å². The minimum Gasteiger partial charge on any atom is -0.459 e. The Morgan fingerprint density at radius 1 is 1.12 bits per heavy atom. The lowest BCUT2D eigenvalue weighted by Gasteiger charge is -2.11. The fourth-order valence-corrected chi connectivity index (χ4v) is 5.44. The lowest BCUT2D eigenvalue weighted by Crippen LogP contribution is -2.23. The van der Waals surface area contributed by atoms with E-state index in [-0.39, 0.29) is 5.56 Å². The quantitative estimate of drug-likeness (QED) is 0.221. The maximum atomic E-state index is 13.1. The van der Waals surface area contributed by atoms with E-state index in [0.29, 0.717) is 23.5 Å². The Morgan fingerprint density at radius 2 is 2.00 bits per heavy atom. The van der Waals surface area contributed by atoms with Crippen molar-refractivity contribution in [1.29, 1.82) is 0 Å². The van der Waals surface area contributed by atoms with Gasteiger partial charge in [-0.05, 0) is 37.6 Å². The Balaban J connectivity index is 1.48. The van der Waals surface area contributed by atoms with Crippen LogP contribution < -0.4 is 5.56 Å². The standard InChI is InChI=1S/C23H23N5O2S2/c1-3-4-7-12-27-21(29)17-8-5-6-9-18(17)28-22(27)25-26-23(28)32-14-16-13-31-20(24-16)19-11-10-15(2)30-19/h5-6,8-11,13H,3-4,7,12,14H2,1-2H3. The molecule has 0 spiro atoms. The highest BCUT2D eigenvalue weighted by molar-refractivity contribution is 7.98. The fourth-order valence-electron chi connectivity index (χ4n) is 3.72. The number of hydrogen-bond donors (Lipinski definition) is 0. The zero-order chi connectivity index (χ0) is 22.1. The number of fused-ring (bicyclic) bond motifs is 3. The van der Waals surface area contributed by atoms with Gasteiger partial charge >= 0.3 is 0 Å². The van der Waals surface area contributed by atoms with E-state index in [2.05, 4.69) is 17.1 Å². The number of thioether (sulfide) groups is 1. The molecule has 0 fully saturated rings. The number of hydrogen-bond acceptors (Lipinski definition) is 7. The van der Waals surface area contributed by atoms with Gasteiger partial charge in [-0.15, -0.1) is 21.5 Å². The van der Waals surface area contributed by atoms with E-state index in [4.69, 9.17) is 9.40 Å². The lowest BCUT2D eigenvalue weighted by molar-refractivity contribution is 0.548. The van der Waals surface area contributed by atoms with E-state index < -0.39 is 0 Å². The SMILES string of the molecule is CCCCCn1c(=O)c2ccccc2n2c(SCc3csc(-c4ccc(C)o4)n3)nnc12. The largest absolute Gasteiger partial charge is 0.459 e. The van der Waals surface area contributed by atoms with Crippen molar-refractivity contribution in [3.8, 4) is 10.8 Å². The number of furan rings is 1. The van der Waals surface area contributed by atoms with Crippen molar-refractivity contribution in [2.45, 2.75) is 50.6 Å². The number of rotatable bonds is 8. The summed E-state index contributed by atoms with van der Waals surface area (Å²) in [6, 6.07) is 11.6. The molecule has 0 saturated heterocycles. The van der Waals surface area contributed by atoms with Gasteiger partial charge in [0.1, 0.15) is 5.76 Å². The van der Waals surface area contributed by atoms with Crippen molar-refractivity contribution >= 4 is 39.8 Å². The Morgan fingerprint density at radius 3 is 2.81 bits per heavy atom. The highest BCUT2D eigenvalue weighted by Gasteiger charge is 2.17. The summed E-state index contributed by atoms with van der Waals surface area (Å²) in [7, 11) is 0. The van der Waals surface area contributed by atoms with Crippen LogP contribution in [0.1, 0.15) is 37.6 Å². The second-order valence-electron chi connectivity index (χ2n) is 7.64. The summed E-state index contributed by atoms with van der Waals surface area (Å²) in [6.45, 7) is 4.72. The molecule has 0 atom stereocenters. The van der Waals surface area contributed by atoms with Gasteiger partial charge in [0, 0.05) is 17.7 Å². The summed E-state index contributed by atoms with van der Waals surface area (Å²) in [5.41, 5.74) is 1.78. The van der Waals surface area contributed by atoms with Crippen LogP contribution in [0.3, 0.4) is 0 Å². The first kappa shape index (κ1) is 21.0. The molecule has 0 aliphatic heterocycles. The summed E-state index contributed by atoms with van der Waals surface area (Å²) in [4.78, 5) is 17.8. The second-order valence-corrected chi connectivity index (χ2v) is 9.44. The Labute approximate surface area is 193 Å². The molecule has 5 rings (SSSR count). The van der Waals surface area contributed by atoms with E-state index in [9.17, 15) is 4.79 Å². The molecular formula is C23H23N5O2S2. The molecule has 0 bridgehead atoms. The minimum absolute atomic E-state index is 0.00830. The molecule has 0 saturated carbocycles. The average molecular weight is 466 g/mol. The first-order valence-electron chi connectivity index (χ1n) is 10.7. The maximum Gasteiger partial charge on any atom is 0.262 e. The first-order chi connectivity index (χ1) is 15.7. The summed E-state index contributed by atoms with van der Waals surface area (Å²) >= 11 is 3.14. The van der Waals surface area contributed by atoms with Gasteiger partial charge in [0.2, 0.25) is 5.78 Å². The molecule has 9 heteroatoms. The van der Waals surface area contributed by atoms with Crippen LogP contribution in [0.4, 0.5) is 0 Å². The van der Waals surface area contributed by atoms with Crippen molar-refractivity contribution in [1.82, 2.24) is 24.1 Å². The predicted octanol–water partition coefficient (Wildman–Crippen LogP) is 5.55. The molecule has 5 aromatic rings. The van der Waals surface area contributed by atoms with Crippen molar-refractivity contribution in [3.63, 3.8) is 0 Å². The molecule has 4 heterocycles. The lowest BCUT2D eigenvalue weighted by atomic mass is 10.2. The molecule has 7 nitrogen and oxygen atoms in total. The van der Waals surface area contributed by atoms with Crippen LogP contribution in [0.2, 0.25) is 0 Å². The summed E-state index contributed by atoms with van der Waals surface area (Å²) in [5, 5.41) is 13.2. The molecular weight excluding hydrogens is 442 g/mol. The van der Waals surface area contributed by atoms with Crippen molar-refractivity contribution in [2.24, 2.45) is 0 Å². The third-order valence-electron chi connectivity index (χ3n) is 5.32. The van der Waals surface area contributed by atoms with Crippen LogP contribution in [0.25, 0.3) is 27.4 Å². The number of para-hydroxylation sites is 1. The summed E-state index contributed by atoms with van der Waals surface area (Å²) in [6.07, 6.45) is 3.11. The molecule has 0 radical (unpaired) electrons. The highest BCUT2D eigenvalue weighted by atomic mass is 32.2. The van der Waals surface area contributed by atoms with Crippen LogP contribution in [-0.4, -0.2) is 24.1 Å². The maximum absolute atomic E-state index is 13.1. The van der Waals surface area contributed by atoms with Gasteiger partial charge in [-0.25, -0.2) is 4.98 Å². The number of aryl methyl sites for hydroxylation is 2. The smallest absolute Gasteiger partial charge is 0.262 e. The van der Waals surface area contributed by atoms with Crippen molar-refractivity contribution in [2.75, 3.05) is 0 Å². The van der Waals surface area contributed by atoms with Crippen LogP contribution in [0.5, 0.6) is 0 Å². The van der Waals surface area contributed by atoms with E-state index in [0.717, 1.165) is 52.2 Å². The molecule has 0 amide bonds. The molecule has 4 aromatic heterocycles. The van der Waals surface area contributed by atoms with Crippen LogP contribution in [0.15, 0.2) is 56.1 Å². The molecule has 0 aliphatic rings. The number of benzene rings is 1. The summed E-state index contributed by atoms with van der Waals surface area (Å²) in [5.74, 6) is 2.91. The molecule has 1 aromatic carbocycles. The molecule has 32 heavy (non-hydrogen) atoms. The molecule has 0 N–H and O–H groups in total. The van der Waals surface area contributed by atoms with Crippen LogP contribution >= 0.6 is 23.1 Å². The third kappa shape index (κ3) is 3.86. The Kier molecular flexibility index (Phi) is 5.84. The number of aromatic nitrogens is 5. The van der Waals surface area contributed by atoms with Crippen molar-refractivity contribution < 1.29 is 4.42 Å². The Bertz CT molecular complexity index is 1450. The minimum atomic E-state index is -0.00830. The van der Waals surface area contributed by atoms with E-state index in [1.165, 1.54) is 0 Å². The van der Waals surface area contributed by atoms with Gasteiger partial charge < -0.3 is 4.42 Å². The second kappa shape index (κ2) is 8.91. The van der Waals surface area contributed by atoms with Crippen molar-refractivity contribution in [3.05, 3.63) is 63.6 Å². The topological polar surface area (TPSA) is 78.2 Å². The van der Waals surface area contributed by atoms with Gasteiger partial charge in [-0.3, -0.25) is 13.8 Å². The number of thiazole rings is 1. The highest BCUT2D eigenvalue weighted by Crippen LogP contribution is 2.29. The van der Waals surface area contributed by atoms with Gasteiger partial charge in [0.25, 0.3) is 5.56 Å². The molecule has 0 aliphatic carbocycles. The first-order valence-corrected chi connectivity index (χ1v) is 12.5. The van der Waals surface area contributed by atoms with Gasteiger partial charge in [0.15, 0.2) is 15.9 Å². The van der Waals surface area contributed by atoms with E-state index in [1.807, 2.05) is 53.1 Å². The van der Waals surface area contributed by atoms with Crippen LogP contribution in [0, 0.1) is 6.92 Å². The fraction of sp³-hybridized carbons (Fsp3) is 0.304. The van der Waals surface area contributed by atoms with Gasteiger partial charge in [0.05, 0.1) is 16.6 Å². The third-order valence-corrected chi connectivity index (χ3v) is 7.18. The Hall–Kier alpha value is -2.91. The normalized spacial score (nSPS) is 11.7. The molecule has 0 unspecified atom stereocenters. The van der Waals surface area contributed by atoms with E-state index in [1.54, 1.807) is 27.7 Å². The zero-order valence-corrected chi connectivity index (χ0v) is 19.6. The number of nitrogens with zero attached hydrogens (tertiary/aromatic N) is 5. The monoisotopic (exact) mass is 465 g/mol.